The lowest BCUT2D eigenvalue weighted by Gasteiger charge is -2.11. The second-order valence-corrected chi connectivity index (χ2v) is 7.35. The van der Waals surface area contributed by atoms with Crippen LogP contribution in [-0.4, -0.2) is 19.2 Å². The zero-order valence-electron chi connectivity index (χ0n) is 16.8. The lowest BCUT2D eigenvalue weighted by molar-refractivity contribution is 0.850. The van der Waals surface area contributed by atoms with Crippen LogP contribution < -0.4 is 11.3 Å². The lowest BCUT2D eigenvalue weighted by atomic mass is 10.0. The number of aryl methyl sites for hydroxylation is 2. The third-order valence-electron chi connectivity index (χ3n) is 5.51. The molecule has 0 atom stereocenters. The van der Waals surface area contributed by atoms with Gasteiger partial charge in [-0.1, -0.05) is 43.3 Å². The van der Waals surface area contributed by atoms with Crippen molar-refractivity contribution in [3.05, 3.63) is 82.8 Å². The van der Waals surface area contributed by atoms with E-state index in [0.717, 1.165) is 45.7 Å². The Labute approximate surface area is 173 Å². The maximum absolute atomic E-state index is 13.0. The molecule has 2 N–H and O–H groups in total. The van der Waals surface area contributed by atoms with Crippen LogP contribution in [0.25, 0.3) is 38.9 Å². The van der Waals surface area contributed by atoms with Gasteiger partial charge in [-0.15, -0.1) is 0 Å². The van der Waals surface area contributed by atoms with Crippen LogP contribution in [0.2, 0.25) is 0 Å². The molecule has 0 fully saturated rings. The first-order valence-electron chi connectivity index (χ1n) is 9.90. The van der Waals surface area contributed by atoms with Gasteiger partial charge in [0, 0.05) is 24.2 Å². The summed E-state index contributed by atoms with van der Waals surface area (Å²) in [5.41, 5.74) is 12.1. The molecule has 0 saturated heterocycles. The minimum atomic E-state index is -0.0466. The molecule has 0 radical (unpaired) electrons. The third kappa shape index (κ3) is 2.76. The Morgan fingerprint density at radius 2 is 1.77 bits per heavy atom. The van der Waals surface area contributed by atoms with Crippen molar-refractivity contribution in [2.75, 3.05) is 5.73 Å². The fourth-order valence-electron chi connectivity index (χ4n) is 3.93. The maximum atomic E-state index is 13.0. The van der Waals surface area contributed by atoms with Gasteiger partial charge in [0.25, 0.3) is 5.56 Å². The van der Waals surface area contributed by atoms with Gasteiger partial charge in [-0.05, 0) is 36.2 Å². The smallest absolute Gasteiger partial charge is 0.261 e. The number of benzene rings is 2. The number of nitrogens with two attached hydrogens (primary N) is 1. The standard InChI is InChI=1S/C24H21N5O/c1-3-19-17(11-12-22(25)26-19)16-9-10-18-21(13-16)29-23(28(2)24(18)30)14-20(27-29)15-7-5-4-6-8-15/h4-14H,3H2,1-2H3,(H2,25,26). The fourth-order valence-corrected chi connectivity index (χ4v) is 3.93. The van der Waals surface area contributed by atoms with Crippen LogP contribution in [0.4, 0.5) is 5.82 Å². The predicted octanol–water partition coefficient (Wildman–Crippen LogP) is 4.06. The molecule has 5 aromatic rings. The quantitative estimate of drug-likeness (QED) is 0.500. The molecule has 6 nitrogen and oxygen atoms in total. The van der Waals surface area contributed by atoms with Crippen LogP contribution in [0.5, 0.6) is 0 Å². The van der Waals surface area contributed by atoms with Crippen LogP contribution in [-0.2, 0) is 13.5 Å². The average Bonchev–Trinajstić information content (AvgIpc) is 3.23. The largest absolute Gasteiger partial charge is 0.384 e. The molecule has 0 spiro atoms. The van der Waals surface area contributed by atoms with Gasteiger partial charge in [0.15, 0.2) is 0 Å². The second-order valence-electron chi connectivity index (χ2n) is 7.35. The van der Waals surface area contributed by atoms with E-state index in [1.165, 1.54) is 0 Å². The monoisotopic (exact) mass is 395 g/mol. The molecule has 0 aliphatic rings. The highest BCUT2D eigenvalue weighted by Gasteiger charge is 2.15. The van der Waals surface area contributed by atoms with E-state index < -0.39 is 0 Å². The van der Waals surface area contributed by atoms with E-state index in [9.17, 15) is 4.79 Å². The van der Waals surface area contributed by atoms with Gasteiger partial charge < -0.3 is 5.73 Å². The molecule has 0 saturated carbocycles. The highest BCUT2D eigenvalue weighted by molar-refractivity contribution is 5.86. The fraction of sp³-hybridized carbons (Fsp3) is 0.125. The molecule has 0 aliphatic heterocycles. The number of aromatic nitrogens is 4. The normalized spacial score (nSPS) is 11.4. The third-order valence-corrected chi connectivity index (χ3v) is 5.51. The minimum absolute atomic E-state index is 0.0466. The lowest BCUT2D eigenvalue weighted by Crippen LogP contribution is -2.19. The van der Waals surface area contributed by atoms with Crippen molar-refractivity contribution in [2.45, 2.75) is 13.3 Å². The Hall–Kier alpha value is -3.93. The van der Waals surface area contributed by atoms with E-state index in [4.69, 9.17) is 10.8 Å². The minimum Gasteiger partial charge on any atom is -0.384 e. The summed E-state index contributed by atoms with van der Waals surface area (Å²) < 4.78 is 3.49. The summed E-state index contributed by atoms with van der Waals surface area (Å²) in [6.07, 6.45) is 0.768. The Morgan fingerprint density at radius 1 is 0.967 bits per heavy atom. The molecule has 0 unspecified atom stereocenters. The maximum Gasteiger partial charge on any atom is 0.261 e. The Kier molecular flexibility index (Phi) is 4.13. The average molecular weight is 395 g/mol. The zero-order chi connectivity index (χ0) is 20.8. The Balaban J connectivity index is 1.81. The highest BCUT2D eigenvalue weighted by atomic mass is 16.1. The van der Waals surface area contributed by atoms with Crippen molar-refractivity contribution >= 4 is 22.4 Å². The second kappa shape index (κ2) is 6.84. The molecule has 5 rings (SSSR count). The van der Waals surface area contributed by atoms with E-state index >= 15 is 0 Å². The molecule has 0 amide bonds. The van der Waals surface area contributed by atoms with Crippen molar-refractivity contribution in [1.82, 2.24) is 19.2 Å². The molecule has 3 aromatic heterocycles. The number of fused-ring (bicyclic) bond motifs is 3. The van der Waals surface area contributed by atoms with Gasteiger partial charge in [-0.25, -0.2) is 9.50 Å². The van der Waals surface area contributed by atoms with Crippen molar-refractivity contribution < 1.29 is 0 Å². The summed E-state index contributed by atoms with van der Waals surface area (Å²) in [6.45, 7) is 2.06. The van der Waals surface area contributed by atoms with Crippen LogP contribution >= 0.6 is 0 Å². The van der Waals surface area contributed by atoms with Crippen molar-refractivity contribution in [3.63, 3.8) is 0 Å². The number of hydrogen-bond acceptors (Lipinski definition) is 4. The summed E-state index contributed by atoms with van der Waals surface area (Å²) in [7, 11) is 1.78. The van der Waals surface area contributed by atoms with Crippen molar-refractivity contribution in [2.24, 2.45) is 7.05 Å². The van der Waals surface area contributed by atoms with Gasteiger partial charge in [0.2, 0.25) is 0 Å². The van der Waals surface area contributed by atoms with Gasteiger partial charge in [0.05, 0.1) is 22.3 Å². The van der Waals surface area contributed by atoms with Crippen LogP contribution in [0.3, 0.4) is 0 Å². The van der Waals surface area contributed by atoms with E-state index in [-0.39, 0.29) is 5.56 Å². The number of rotatable bonds is 3. The highest BCUT2D eigenvalue weighted by Crippen LogP contribution is 2.28. The molecule has 2 aromatic carbocycles. The van der Waals surface area contributed by atoms with Gasteiger partial charge in [-0.3, -0.25) is 9.36 Å². The molecular weight excluding hydrogens is 374 g/mol. The first-order valence-corrected chi connectivity index (χ1v) is 9.90. The van der Waals surface area contributed by atoms with Crippen molar-refractivity contribution in [1.29, 1.82) is 0 Å². The summed E-state index contributed by atoms with van der Waals surface area (Å²) in [4.78, 5) is 17.5. The number of hydrogen-bond donors (Lipinski definition) is 1. The first-order chi connectivity index (χ1) is 14.6. The first kappa shape index (κ1) is 18.1. The van der Waals surface area contributed by atoms with Gasteiger partial charge >= 0.3 is 0 Å². The summed E-state index contributed by atoms with van der Waals surface area (Å²) in [5, 5.41) is 5.45. The van der Waals surface area contributed by atoms with Crippen LogP contribution in [0.1, 0.15) is 12.6 Å². The van der Waals surface area contributed by atoms with Crippen LogP contribution in [0.15, 0.2) is 71.5 Å². The molecular formula is C24H21N5O. The molecule has 6 heteroatoms. The van der Waals surface area contributed by atoms with Gasteiger partial charge in [0.1, 0.15) is 11.5 Å². The molecule has 148 valence electrons. The summed E-state index contributed by atoms with van der Waals surface area (Å²) >= 11 is 0. The molecule has 3 heterocycles. The SMILES string of the molecule is CCc1nc(N)ccc1-c1ccc2c(=O)n(C)c3cc(-c4ccccc4)nn3c2c1. The number of nitrogen functional groups attached to an aromatic ring is 1. The number of pyridine rings is 1. The van der Waals surface area contributed by atoms with Gasteiger partial charge in [-0.2, -0.15) is 5.10 Å². The Morgan fingerprint density at radius 3 is 2.53 bits per heavy atom. The molecule has 0 aliphatic carbocycles. The van der Waals surface area contributed by atoms with Crippen LogP contribution in [0, 0.1) is 0 Å². The summed E-state index contributed by atoms with van der Waals surface area (Å²) in [5.74, 6) is 0.507. The predicted molar refractivity (Wildman–Crippen MR) is 120 cm³/mol. The number of anilines is 1. The molecule has 30 heavy (non-hydrogen) atoms. The van der Waals surface area contributed by atoms with E-state index in [1.807, 2.05) is 65.2 Å². The Bertz CT molecular complexity index is 1460. The van der Waals surface area contributed by atoms with Crippen molar-refractivity contribution in [3.8, 4) is 22.4 Å². The van der Waals surface area contributed by atoms with E-state index in [0.29, 0.717) is 11.2 Å². The van der Waals surface area contributed by atoms with E-state index in [2.05, 4.69) is 11.9 Å². The topological polar surface area (TPSA) is 78.2 Å². The number of nitrogens with zero attached hydrogens (tertiary/aromatic N) is 4. The zero-order valence-corrected chi connectivity index (χ0v) is 16.8. The molecule has 0 bridgehead atoms. The van der Waals surface area contributed by atoms with E-state index in [1.54, 1.807) is 17.7 Å². The summed E-state index contributed by atoms with van der Waals surface area (Å²) in [6, 6.07) is 21.5.